The lowest BCUT2D eigenvalue weighted by Gasteiger charge is -2.31. The number of hydrogen-bond donors (Lipinski definition) is 2. The molecule has 8 nitrogen and oxygen atoms in total. The van der Waals surface area contributed by atoms with E-state index in [0.717, 1.165) is 37.0 Å². The Morgan fingerprint density at radius 2 is 1.89 bits per heavy atom. The van der Waals surface area contributed by atoms with Crippen LogP contribution in [0.2, 0.25) is 0 Å². The fraction of sp³-hybridized carbons (Fsp3) is 0.389. The van der Waals surface area contributed by atoms with E-state index < -0.39 is 9.84 Å². The number of sulfone groups is 1. The summed E-state index contributed by atoms with van der Waals surface area (Å²) in [5.41, 5.74) is 8.66. The topological polar surface area (TPSA) is 118 Å². The molecule has 3 aromatic rings. The molecule has 0 atom stereocenters. The minimum atomic E-state index is -3.24. The zero-order valence-electron chi connectivity index (χ0n) is 15.1. The van der Waals surface area contributed by atoms with E-state index in [4.69, 9.17) is 10.7 Å². The van der Waals surface area contributed by atoms with Crippen LogP contribution >= 0.6 is 0 Å². The lowest BCUT2D eigenvalue weighted by Crippen LogP contribution is -2.37. The van der Waals surface area contributed by atoms with Gasteiger partial charge in [0.2, 0.25) is 5.95 Å². The number of nitrogens with zero attached hydrogens (tertiary/aromatic N) is 4. The van der Waals surface area contributed by atoms with Crippen molar-refractivity contribution in [2.75, 3.05) is 30.8 Å². The summed E-state index contributed by atoms with van der Waals surface area (Å²) < 4.78 is 23.4. The molecule has 9 heteroatoms. The number of aromatic nitrogens is 4. The normalized spacial score (nSPS) is 16.1. The Kier molecular flexibility index (Phi) is 4.56. The van der Waals surface area contributed by atoms with E-state index in [1.54, 1.807) is 30.6 Å². The Morgan fingerprint density at radius 3 is 2.52 bits per heavy atom. The summed E-state index contributed by atoms with van der Waals surface area (Å²) >= 11 is 0. The van der Waals surface area contributed by atoms with Gasteiger partial charge in [-0.25, -0.2) is 18.4 Å². The molecule has 1 aliphatic heterocycles. The van der Waals surface area contributed by atoms with Crippen LogP contribution < -0.4 is 10.6 Å². The van der Waals surface area contributed by atoms with Crippen LogP contribution in [0.25, 0.3) is 22.4 Å². The predicted molar refractivity (Wildman–Crippen MR) is 104 cm³/mol. The number of hydrogen-bond acceptors (Lipinski definition) is 7. The van der Waals surface area contributed by atoms with Gasteiger partial charge in [0.05, 0.1) is 11.2 Å². The highest BCUT2D eigenvalue weighted by atomic mass is 32.2. The van der Waals surface area contributed by atoms with E-state index in [9.17, 15) is 8.42 Å². The molecule has 0 spiro atoms. The molecule has 1 fully saturated rings. The number of nitrogens with two attached hydrogens (primary N) is 1. The highest BCUT2D eigenvalue weighted by molar-refractivity contribution is 7.90. The number of piperidine rings is 1. The second-order valence-electron chi connectivity index (χ2n) is 6.94. The van der Waals surface area contributed by atoms with Gasteiger partial charge < -0.3 is 15.6 Å². The first-order valence-electron chi connectivity index (χ1n) is 8.92. The van der Waals surface area contributed by atoms with Crippen LogP contribution in [-0.2, 0) is 9.84 Å². The van der Waals surface area contributed by atoms with Crippen molar-refractivity contribution in [3.05, 3.63) is 30.6 Å². The summed E-state index contributed by atoms with van der Waals surface area (Å²) in [4.78, 5) is 19.2. The molecule has 142 valence electrons. The molecule has 0 aliphatic carbocycles. The Balaban J connectivity index is 1.73. The van der Waals surface area contributed by atoms with Gasteiger partial charge in [-0.05, 0) is 37.4 Å². The van der Waals surface area contributed by atoms with Crippen molar-refractivity contribution >= 4 is 26.9 Å². The van der Waals surface area contributed by atoms with E-state index in [2.05, 4.69) is 19.9 Å². The van der Waals surface area contributed by atoms with Crippen LogP contribution in [0.4, 0.5) is 5.95 Å². The molecule has 3 N–H and O–H groups in total. The predicted octanol–water partition coefficient (Wildman–Crippen LogP) is 1.60. The Labute approximate surface area is 157 Å². The first-order chi connectivity index (χ1) is 13.0. The second kappa shape index (κ2) is 6.90. The largest absolute Gasteiger partial charge is 0.341 e. The maximum Gasteiger partial charge on any atom is 0.228 e. The van der Waals surface area contributed by atoms with Crippen LogP contribution in [0.15, 0.2) is 35.5 Å². The molecule has 0 unspecified atom stereocenters. The number of fused-ring (bicyclic) bond motifs is 1. The lowest BCUT2D eigenvalue weighted by molar-refractivity contribution is 0.411. The number of aromatic amines is 1. The minimum Gasteiger partial charge on any atom is -0.341 e. The van der Waals surface area contributed by atoms with Crippen molar-refractivity contribution in [3.63, 3.8) is 0 Å². The molecular weight excluding hydrogens is 364 g/mol. The average Bonchev–Trinajstić information content (AvgIpc) is 3.15. The van der Waals surface area contributed by atoms with Gasteiger partial charge >= 0.3 is 0 Å². The third kappa shape index (κ3) is 3.52. The maximum atomic E-state index is 11.7. The van der Waals surface area contributed by atoms with E-state index in [1.165, 1.54) is 6.26 Å². The standard InChI is InChI=1S/C18H22N6O2S/c1-27(25,26)14-4-2-13(3-5-14)15-16-17(21-11-20-16)23-18(22-15)24-8-6-12(10-19)7-9-24/h2-5,11-12H,6-10,19H2,1H3,(H,20,21,22,23). The zero-order chi connectivity index (χ0) is 19.0. The molecule has 0 saturated carbocycles. The first kappa shape index (κ1) is 17.9. The smallest absolute Gasteiger partial charge is 0.228 e. The van der Waals surface area contributed by atoms with Gasteiger partial charge in [0.15, 0.2) is 15.5 Å². The number of benzene rings is 1. The first-order valence-corrected chi connectivity index (χ1v) is 10.8. The summed E-state index contributed by atoms with van der Waals surface area (Å²) in [5, 5.41) is 0. The number of nitrogens with one attached hydrogen (secondary N) is 1. The van der Waals surface area contributed by atoms with E-state index in [1.807, 2.05) is 0 Å². The number of anilines is 1. The SMILES string of the molecule is CS(=O)(=O)c1ccc(-c2nc(N3CCC(CN)CC3)nc3nc[nH]c23)cc1. The molecule has 0 amide bonds. The summed E-state index contributed by atoms with van der Waals surface area (Å²) in [6.07, 6.45) is 4.84. The Bertz CT molecular complexity index is 1050. The molecule has 27 heavy (non-hydrogen) atoms. The van der Waals surface area contributed by atoms with Crippen molar-refractivity contribution in [1.29, 1.82) is 0 Å². The summed E-state index contributed by atoms with van der Waals surface area (Å²) in [6, 6.07) is 6.73. The van der Waals surface area contributed by atoms with Gasteiger partial charge in [-0.3, -0.25) is 0 Å². The number of rotatable bonds is 4. The summed E-state index contributed by atoms with van der Waals surface area (Å²) in [7, 11) is -3.24. The van der Waals surface area contributed by atoms with Crippen LogP contribution in [0, 0.1) is 5.92 Å². The molecule has 2 aromatic heterocycles. The van der Waals surface area contributed by atoms with Gasteiger partial charge in [-0.15, -0.1) is 0 Å². The van der Waals surface area contributed by atoms with E-state index in [0.29, 0.717) is 29.8 Å². The quantitative estimate of drug-likeness (QED) is 0.699. The van der Waals surface area contributed by atoms with Crippen LogP contribution in [0.3, 0.4) is 0 Å². The second-order valence-corrected chi connectivity index (χ2v) is 8.95. The number of H-pyrrole nitrogens is 1. The molecule has 1 aliphatic rings. The monoisotopic (exact) mass is 386 g/mol. The van der Waals surface area contributed by atoms with Gasteiger partial charge in [-0.1, -0.05) is 12.1 Å². The number of imidazole rings is 1. The third-order valence-electron chi connectivity index (χ3n) is 5.06. The van der Waals surface area contributed by atoms with Crippen molar-refractivity contribution in [3.8, 4) is 11.3 Å². The molecule has 1 saturated heterocycles. The fourth-order valence-corrected chi connectivity index (χ4v) is 4.03. The summed E-state index contributed by atoms with van der Waals surface area (Å²) in [6.45, 7) is 2.44. The molecule has 0 bridgehead atoms. The minimum absolute atomic E-state index is 0.283. The third-order valence-corrected chi connectivity index (χ3v) is 6.19. The lowest BCUT2D eigenvalue weighted by atomic mass is 9.97. The molecule has 1 aromatic carbocycles. The van der Waals surface area contributed by atoms with E-state index >= 15 is 0 Å². The van der Waals surface area contributed by atoms with Crippen molar-refractivity contribution < 1.29 is 8.42 Å². The highest BCUT2D eigenvalue weighted by Gasteiger charge is 2.22. The van der Waals surface area contributed by atoms with Gasteiger partial charge in [0, 0.05) is 24.9 Å². The highest BCUT2D eigenvalue weighted by Crippen LogP contribution is 2.28. The molecular formula is C18H22N6O2S. The molecule has 0 radical (unpaired) electrons. The van der Waals surface area contributed by atoms with Crippen LogP contribution in [0.5, 0.6) is 0 Å². The van der Waals surface area contributed by atoms with E-state index in [-0.39, 0.29) is 4.90 Å². The van der Waals surface area contributed by atoms with Crippen LogP contribution in [0.1, 0.15) is 12.8 Å². The van der Waals surface area contributed by atoms with Crippen molar-refractivity contribution in [1.82, 2.24) is 19.9 Å². The van der Waals surface area contributed by atoms with Crippen molar-refractivity contribution in [2.24, 2.45) is 11.7 Å². The Morgan fingerprint density at radius 1 is 1.19 bits per heavy atom. The van der Waals surface area contributed by atoms with Gasteiger partial charge in [-0.2, -0.15) is 4.98 Å². The van der Waals surface area contributed by atoms with Crippen molar-refractivity contribution in [2.45, 2.75) is 17.7 Å². The molecule has 3 heterocycles. The molecule has 4 rings (SSSR count). The summed E-state index contributed by atoms with van der Waals surface area (Å²) in [5.74, 6) is 1.20. The average molecular weight is 386 g/mol. The van der Waals surface area contributed by atoms with Gasteiger partial charge in [0.25, 0.3) is 0 Å². The Hall–Kier alpha value is -2.52. The van der Waals surface area contributed by atoms with Crippen LogP contribution in [-0.4, -0.2) is 54.2 Å². The van der Waals surface area contributed by atoms with Gasteiger partial charge in [0.1, 0.15) is 11.2 Å². The fourth-order valence-electron chi connectivity index (χ4n) is 3.40. The maximum absolute atomic E-state index is 11.7. The zero-order valence-corrected chi connectivity index (χ0v) is 15.9.